The molecule has 92 valence electrons. The molecule has 0 aromatic heterocycles. The first-order chi connectivity index (χ1) is 7.10. The zero-order valence-electron chi connectivity index (χ0n) is 10.2. The Labute approximate surface area is 93.3 Å². The maximum Gasteiger partial charge on any atom is 0.0781 e. The van der Waals surface area contributed by atoms with Crippen LogP contribution in [0.5, 0.6) is 0 Å². The third-order valence-corrected chi connectivity index (χ3v) is 2.33. The van der Waals surface area contributed by atoms with Crippen LogP contribution in [0.1, 0.15) is 33.6 Å². The minimum atomic E-state index is 0.0895. The molecule has 0 spiro atoms. The molecular formula is C11H26N2O2. The fourth-order valence-corrected chi connectivity index (χ4v) is 0.957. The second kappa shape index (κ2) is 9.09. The van der Waals surface area contributed by atoms with Crippen LogP contribution >= 0.6 is 0 Å². The van der Waals surface area contributed by atoms with Crippen LogP contribution in [0.25, 0.3) is 0 Å². The van der Waals surface area contributed by atoms with E-state index in [0.717, 1.165) is 12.8 Å². The standard InChI is InChI=1S/C11H26N2O2/c1-4-10(12)7-14-6-9(3)15-8-11(13)5-2/h9-11H,4-8,12-13H2,1-3H3. The molecular weight excluding hydrogens is 192 g/mol. The molecule has 0 aliphatic heterocycles. The Morgan fingerprint density at radius 2 is 1.47 bits per heavy atom. The maximum atomic E-state index is 5.73. The van der Waals surface area contributed by atoms with E-state index in [0.29, 0.717) is 19.8 Å². The Morgan fingerprint density at radius 3 is 2.00 bits per heavy atom. The molecule has 0 aliphatic rings. The summed E-state index contributed by atoms with van der Waals surface area (Å²) in [6.07, 6.45) is 1.97. The first-order valence-electron chi connectivity index (χ1n) is 5.80. The average molecular weight is 218 g/mol. The van der Waals surface area contributed by atoms with Gasteiger partial charge < -0.3 is 20.9 Å². The Bertz CT molecular complexity index is 145. The normalized spacial score (nSPS) is 17.4. The zero-order valence-corrected chi connectivity index (χ0v) is 10.2. The second-order valence-electron chi connectivity index (χ2n) is 4.02. The van der Waals surface area contributed by atoms with E-state index < -0.39 is 0 Å². The molecule has 0 saturated heterocycles. The van der Waals surface area contributed by atoms with Gasteiger partial charge in [-0.3, -0.25) is 0 Å². The average Bonchev–Trinajstić information content (AvgIpc) is 2.25. The van der Waals surface area contributed by atoms with Crippen LogP contribution in [-0.2, 0) is 9.47 Å². The van der Waals surface area contributed by atoms with E-state index in [-0.39, 0.29) is 18.2 Å². The van der Waals surface area contributed by atoms with Crippen LogP contribution < -0.4 is 11.5 Å². The molecule has 4 nitrogen and oxygen atoms in total. The SMILES string of the molecule is CCC(N)COCC(C)OCC(N)CC. The third-order valence-electron chi connectivity index (χ3n) is 2.33. The van der Waals surface area contributed by atoms with Gasteiger partial charge in [-0.1, -0.05) is 13.8 Å². The number of nitrogens with two attached hydrogens (primary N) is 2. The summed E-state index contributed by atoms with van der Waals surface area (Å²) in [6.45, 7) is 7.87. The molecule has 0 aromatic rings. The van der Waals surface area contributed by atoms with Gasteiger partial charge in [0.2, 0.25) is 0 Å². The number of rotatable bonds is 9. The van der Waals surface area contributed by atoms with Gasteiger partial charge in [0, 0.05) is 12.1 Å². The summed E-state index contributed by atoms with van der Waals surface area (Å²) >= 11 is 0. The van der Waals surface area contributed by atoms with E-state index >= 15 is 0 Å². The lowest BCUT2D eigenvalue weighted by molar-refractivity contribution is -0.0145. The van der Waals surface area contributed by atoms with Crippen molar-refractivity contribution in [1.29, 1.82) is 0 Å². The Kier molecular flexibility index (Phi) is 9.00. The van der Waals surface area contributed by atoms with Gasteiger partial charge in [-0.25, -0.2) is 0 Å². The zero-order chi connectivity index (χ0) is 11.7. The van der Waals surface area contributed by atoms with Gasteiger partial charge in [0.1, 0.15) is 0 Å². The minimum Gasteiger partial charge on any atom is -0.377 e. The summed E-state index contributed by atoms with van der Waals surface area (Å²) in [4.78, 5) is 0. The predicted octanol–water partition coefficient (Wildman–Crippen LogP) is 0.883. The van der Waals surface area contributed by atoms with Crippen LogP contribution in [0, 0.1) is 0 Å². The highest BCUT2D eigenvalue weighted by molar-refractivity contribution is 4.59. The third kappa shape index (κ3) is 8.81. The van der Waals surface area contributed by atoms with Crippen molar-refractivity contribution in [3.05, 3.63) is 0 Å². The van der Waals surface area contributed by atoms with Crippen molar-refractivity contribution in [3.63, 3.8) is 0 Å². The van der Waals surface area contributed by atoms with Gasteiger partial charge >= 0.3 is 0 Å². The fraction of sp³-hybridized carbons (Fsp3) is 1.00. The summed E-state index contributed by atoms with van der Waals surface area (Å²) in [5.41, 5.74) is 11.5. The van der Waals surface area contributed by atoms with E-state index in [1.54, 1.807) is 0 Å². The Morgan fingerprint density at radius 1 is 0.933 bits per heavy atom. The predicted molar refractivity (Wildman–Crippen MR) is 62.8 cm³/mol. The first-order valence-corrected chi connectivity index (χ1v) is 5.80. The number of hydrogen-bond acceptors (Lipinski definition) is 4. The van der Waals surface area contributed by atoms with Crippen molar-refractivity contribution < 1.29 is 9.47 Å². The van der Waals surface area contributed by atoms with Crippen LogP contribution in [-0.4, -0.2) is 38.0 Å². The van der Waals surface area contributed by atoms with E-state index in [2.05, 4.69) is 6.92 Å². The number of ether oxygens (including phenoxy) is 2. The number of hydrogen-bond donors (Lipinski definition) is 2. The molecule has 0 rings (SSSR count). The minimum absolute atomic E-state index is 0.0895. The molecule has 3 atom stereocenters. The molecule has 0 aliphatic carbocycles. The lowest BCUT2D eigenvalue weighted by Gasteiger charge is -2.17. The van der Waals surface area contributed by atoms with Gasteiger partial charge in [0.25, 0.3) is 0 Å². The van der Waals surface area contributed by atoms with Crippen LogP contribution in [0.15, 0.2) is 0 Å². The molecule has 15 heavy (non-hydrogen) atoms. The molecule has 0 heterocycles. The summed E-state index contributed by atoms with van der Waals surface area (Å²) in [5, 5.41) is 0. The van der Waals surface area contributed by atoms with Crippen LogP contribution in [0.2, 0.25) is 0 Å². The quantitative estimate of drug-likeness (QED) is 0.603. The molecule has 4 N–H and O–H groups in total. The smallest absolute Gasteiger partial charge is 0.0781 e. The molecule has 0 fully saturated rings. The highest BCUT2D eigenvalue weighted by Gasteiger charge is 2.06. The van der Waals surface area contributed by atoms with Crippen molar-refractivity contribution in [2.24, 2.45) is 11.5 Å². The van der Waals surface area contributed by atoms with Crippen molar-refractivity contribution in [3.8, 4) is 0 Å². The van der Waals surface area contributed by atoms with Crippen LogP contribution in [0.4, 0.5) is 0 Å². The summed E-state index contributed by atoms with van der Waals surface area (Å²) in [6, 6.07) is 0.264. The largest absolute Gasteiger partial charge is 0.377 e. The molecule has 0 radical (unpaired) electrons. The van der Waals surface area contributed by atoms with Crippen molar-refractivity contribution in [2.75, 3.05) is 19.8 Å². The van der Waals surface area contributed by atoms with Crippen molar-refractivity contribution >= 4 is 0 Å². The topological polar surface area (TPSA) is 70.5 Å². The highest BCUT2D eigenvalue weighted by Crippen LogP contribution is 1.96. The molecule has 0 amide bonds. The first kappa shape index (κ1) is 14.8. The van der Waals surface area contributed by atoms with Gasteiger partial charge in [-0.15, -0.1) is 0 Å². The lowest BCUT2D eigenvalue weighted by Crippen LogP contribution is -2.31. The van der Waals surface area contributed by atoms with Crippen molar-refractivity contribution in [1.82, 2.24) is 0 Å². The van der Waals surface area contributed by atoms with E-state index in [4.69, 9.17) is 20.9 Å². The van der Waals surface area contributed by atoms with Gasteiger partial charge in [-0.05, 0) is 19.8 Å². The summed E-state index contributed by atoms with van der Waals surface area (Å²) < 4.78 is 10.9. The van der Waals surface area contributed by atoms with Crippen molar-refractivity contribution in [2.45, 2.75) is 51.8 Å². The van der Waals surface area contributed by atoms with Crippen LogP contribution in [0.3, 0.4) is 0 Å². The molecule has 0 bridgehead atoms. The highest BCUT2D eigenvalue weighted by atomic mass is 16.5. The van der Waals surface area contributed by atoms with E-state index in [9.17, 15) is 0 Å². The van der Waals surface area contributed by atoms with Gasteiger partial charge in [0.05, 0.1) is 25.9 Å². The molecule has 0 saturated carbocycles. The van der Waals surface area contributed by atoms with E-state index in [1.807, 2.05) is 13.8 Å². The lowest BCUT2D eigenvalue weighted by atomic mass is 10.2. The second-order valence-corrected chi connectivity index (χ2v) is 4.02. The molecule has 0 aromatic carbocycles. The summed E-state index contributed by atoms with van der Waals surface area (Å²) in [7, 11) is 0. The Balaban J connectivity index is 3.37. The van der Waals surface area contributed by atoms with E-state index in [1.165, 1.54) is 0 Å². The Hall–Kier alpha value is -0.160. The molecule has 4 heteroatoms. The fourth-order valence-electron chi connectivity index (χ4n) is 0.957. The summed E-state index contributed by atoms with van der Waals surface area (Å²) in [5.74, 6) is 0. The van der Waals surface area contributed by atoms with Gasteiger partial charge in [0.15, 0.2) is 0 Å². The maximum absolute atomic E-state index is 5.73. The molecule has 3 unspecified atom stereocenters. The monoisotopic (exact) mass is 218 g/mol. The van der Waals surface area contributed by atoms with Gasteiger partial charge in [-0.2, -0.15) is 0 Å².